The van der Waals surface area contributed by atoms with Gasteiger partial charge in [0.15, 0.2) is 0 Å². The quantitative estimate of drug-likeness (QED) is 0.150. The molecule has 12 heteroatoms. The summed E-state index contributed by atoms with van der Waals surface area (Å²) in [4.78, 5) is 0. The van der Waals surface area contributed by atoms with E-state index in [-0.39, 0.29) is 0 Å². The maximum Gasteiger partial charge on any atom is 0.101 e. The minimum atomic E-state index is 0.494. The fourth-order valence-electron chi connectivity index (χ4n) is 20.3. The minimum Gasteiger partial charge on any atom is -0.344 e. The molecule has 0 aliphatic carbocycles. The van der Waals surface area contributed by atoms with Crippen LogP contribution in [0, 0.1) is 45.3 Å². The van der Waals surface area contributed by atoms with Crippen LogP contribution >= 0.6 is 0 Å². The van der Waals surface area contributed by atoms with Gasteiger partial charge in [-0.25, -0.2) is 0 Å². The van der Waals surface area contributed by atoms with E-state index in [4.69, 9.17) is 0 Å². The first-order valence-electron chi connectivity index (χ1n) is 39.0. The smallest absolute Gasteiger partial charge is 0.101 e. The van der Waals surface area contributed by atoms with Gasteiger partial charge < -0.3 is 36.5 Å². The Bertz CT molecular complexity index is 8800. The SMILES string of the molecule is Cn1c2ccccc2c2c1ccc1c3ccccc3n(-c3cc(C#N)c(-n4c5ccccc5c5ccc6c(c7ccccc7n6Cc6ccc7c(c6)c6ccc8c9ccccc9n(-c9cc(-c%10cccc(C#N)c%10)c(-n%10c%11ccccc%11c%11ccc%12c%13ccccc%13n(C)c%12c%11%10)cc9C#N)c8c6n7C)c54)cc3-c3cccc(C#N)c3)c12. The van der Waals surface area contributed by atoms with E-state index < -0.39 is 0 Å². The number of nitriles is 4. The van der Waals surface area contributed by atoms with Crippen LogP contribution in [0.5, 0.6) is 0 Å². The van der Waals surface area contributed by atoms with Crippen LogP contribution in [-0.2, 0) is 27.7 Å². The van der Waals surface area contributed by atoms with E-state index in [1.54, 1.807) is 0 Å². The summed E-state index contributed by atoms with van der Waals surface area (Å²) >= 11 is 0. The van der Waals surface area contributed by atoms with Gasteiger partial charge in [-0.15, -0.1) is 0 Å². The lowest BCUT2D eigenvalue weighted by Gasteiger charge is -2.19. The molecule has 8 heterocycles. The van der Waals surface area contributed by atoms with E-state index in [2.05, 4.69) is 355 Å². The molecule has 0 amide bonds. The first-order chi connectivity index (χ1) is 57.2. The molecular formula is C104H62N12. The number of aryl methyl sites for hydroxylation is 3. The predicted octanol–water partition coefficient (Wildman–Crippen LogP) is 25.0. The summed E-state index contributed by atoms with van der Waals surface area (Å²) in [6.45, 7) is 0.538. The lowest BCUT2D eigenvalue weighted by Crippen LogP contribution is -2.05. The summed E-state index contributed by atoms with van der Waals surface area (Å²) in [5.41, 5.74) is 26.4. The zero-order valence-electron chi connectivity index (χ0n) is 63.0. The maximum atomic E-state index is 12.0. The van der Waals surface area contributed by atoms with Crippen molar-refractivity contribution < 1.29 is 0 Å². The molecule has 0 saturated carbocycles. The van der Waals surface area contributed by atoms with Crippen molar-refractivity contribution in [1.82, 2.24) is 36.5 Å². The molecule has 24 aromatic rings. The van der Waals surface area contributed by atoms with Gasteiger partial charge in [-0.3, -0.25) is 0 Å². The minimum absolute atomic E-state index is 0.494. The number of hydrogen-bond donors (Lipinski definition) is 0. The number of hydrogen-bond acceptors (Lipinski definition) is 4. The van der Waals surface area contributed by atoms with Crippen LogP contribution in [0.3, 0.4) is 0 Å². The Morgan fingerprint density at radius 3 is 1.06 bits per heavy atom. The van der Waals surface area contributed by atoms with Crippen LogP contribution in [0.2, 0.25) is 0 Å². The molecule has 0 spiro atoms. The van der Waals surface area contributed by atoms with Crippen LogP contribution in [0.25, 0.3) is 219 Å². The molecule has 24 rings (SSSR count). The van der Waals surface area contributed by atoms with Crippen LogP contribution in [0.4, 0.5) is 0 Å². The van der Waals surface area contributed by atoms with Crippen LogP contribution in [0.1, 0.15) is 27.8 Å². The largest absolute Gasteiger partial charge is 0.344 e. The van der Waals surface area contributed by atoms with Crippen molar-refractivity contribution in [2.24, 2.45) is 21.1 Å². The highest BCUT2D eigenvalue weighted by atomic mass is 15.1. The van der Waals surface area contributed by atoms with Gasteiger partial charge in [0.1, 0.15) is 12.1 Å². The molecule has 0 radical (unpaired) electrons. The molecule has 16 aromatic carbocycles. The van der Waals surface area contributed by atoms with E-state index in [1.165, 1.54) is 5.39 Å². The van der Waals surface area contributed by atoms with E-state index in [0.717, 1.165) is 220 Å². The Morgan fingerprint density at radius 2 is 0.578 bits per heavy atom. The molecule has 0 bridgehead atoms. The third-order valence-electron chi connectivity index (χ3n) is 25.2. The Hall–Kier alpha value is -16.1. The van der Waals surface area contributed by atoms with E-state index >= 15 is 0 Å². The summed E-state index contributed by atoms with van der Waals surface area (Å²) in [7, 11) is 6.44. The molecular weight excluding hydrogens is 1420 g/mol. The lowest BCUT2D eigenvalue weighted by atomic mass is 9.97. The van der Waals surface area contributed by atoms with Crippen molar-refractivity contribution in [3.8, 4) is 69.3 Å². The first kappa shape index (κ1) is 64.7. The fourth-order valence-corrected chi connectivity index (χ4v) is 20.3. The molecule has 0 atom stereocenters. The maximum absolute atomic E-state index is 12.0. The van der Waals surface area contributed by atoms with Gasteiger partial charge in [-0.2, -0.15) is 21.0 Å². The first-order valence-corrected chi connectivity index (χ1v) is 39.0. The van der Waals surface area contributed by atoms with E-state index in [0.29, 0.717) is 28.8 Å². The second-order valence-corrected chi connectivity index (χ2v) is 30.9. The lowest BCUT2D eigenvalue weighted by molar-refractivity contribution is 0.870. The van der Waals surface area contributed by atoms with Crippen molar-refractivity contribution in [2.75, 3.05) is 0 Å². The number of rotatable bonds is 8. The fraction of sp³-hybridized carbons (Fsp3) is 0.0385. The summed E-state index contributed by atoms with van der Waals surface area (Å²) in [6.07, 6.45) is 0. The molecule has 538 valence electrons. The summed E-state index contributed by atoms with van der Waals surface area (Å²) in [5.74, 6) is 0. The normalized spacial score (nSPS) is 12.1. The summed E-state index contributed by atoms with van der Waals surface area (Å²) < 4.78 is 18.7. The van der Waals surface area contributed by atoms with Crippen LogP contribution in [-0.4, -0.2) is 36.5 Å². The molecule has 116 heavy (non-hydrogen) atoms. The predicted molar refractivity (Wildman–Crippen MR) is 474 cm³/mol. The topological polar surface area (TPSA) is 135 Å². The Morgan fingerprint density at radius 1 is 0.233 bits per heavy atom. The second kappa shape index (κ2) is 24.0. The van der Waals surface area contributed by atoms with Crippen molar-refractivity contribution in [1.29, 1.82) is 21.0 Å². The zero-order chi connectivity index (χ0) is 77.2. The Labute approximate surface area is 662 Å². The van der Waals surface area contributed by atoms with Crippen molar-refractivity contribution in [3.05, 3.63) is 337 Å². The highest BCUT2D eigenvalue weighted by Crippen LogP contribution is 2.50. The highest BCUT2D eigenvalue weighted by molar-refractivity contribution is 6.30. The Balaban J connectivity index is 0.706. The summed E-state index contributed by atoms with van der Waals surface area (Å²) in [6, 6.07) is 120. The highest BCUT2D eigenvalue weighted by Gasteiger charge is 2.30. The van der Waals surface area contributed by atoms with Crippen molar-refractivity contribution in [2.45, 2.75) is 6.54 Å². The molecule has 0 N–H and O–H groups in total. The number of para-hydroxylation sites is 7. The average Bonchev–Trinajstić information content (AvgIpc) is 1.55. The number of nitrogens with zero attached hydrogens (tertiary/aromatic N) is 12. The molecule has 12 nitrogen and oxygen atoms in total. The zero-order valence-corrected chi connectivity index (χ0v) is 63.0. The van der Waals surface area contributed by atoms with Crippen LogP contribution < -0.4 is 0 Å². The number of fused-ring (bicyclic) bond motifs is 28. The van der Waals surface area contributed by atoms with Crippen molar-refractivity contribution in [3.63, 3.8) is 0 Å². The molecule has 0 aliphatic heterocycles. The average molecular weight is 1480 g/mol. The van der Waals surface area contributed by atoms with Gasteiger partial charge in [0, 0.05) is 147 Å². The number of aromatic nitrogens is 8. The van der Waals surface area contributed by atoms with Gasteiger partial charge in [0.25, 0.3) is 0 Å². The third kappa shape index (κ3) is 8.65. The molecule has 0 fully saturated rings. The van der Waals surface area contributed by atoms with E-state index in [9.17, 15) is 21.0 Å². The van der Waals surface area contributed by atoms with Gasteiger partial charge in [-0.1, -0.05) is 194 Å². The summed E-state index contributed by atoms with van der Waals surface area (Å²) in [5, 5.41) is 62.7. The second-order valence-electron chi connectivity index (χ2n) is 30.9. The van der Waals surface area contributed by atoms with Crippen molar-refractivity contribution >= 4 is 174 Å². The Kier molecular flexibility index (Phi) is 13.4. The third-order valence-corrected chi connectivity index (χ3v) is 25.2. The molecule has 0 saturated heterocycles. The van der Waals surface area contributed by atoms with Gasteiger partial charge in [0.2, 0.25) is 0 Å². The molecule has 0 unspecified atom stereocenters. The monoisotopic (exact) mass is 1480 g/mol. The molecule has 8 aromatic heterocycles. The standard InChI is InChI=1S/C104H62N12/c1-109-84-32-12-9-29-78(84)97-91(109)46-43-72-69-26-6-16-36-89(69)115(99(72)97)95-51-65(57-107)93(53-80(95)63-22-18-20-60(48-63)55-105)113-87-34-14-5-25-68(87)73-44-47-92-98(100(73)113)79-30-10-13-33-86(79)112(92)59-62-38-45-85-82(50-62)77-42-41-75-70-27-7-15-35-88(70)114(103(75)102(77)111(85)3)94-54-81(64-23-19-21-61(49-64)56-106)96(52-66(94)58-108)116-90-37-17-8-28-71(90)76-40-39-74-67-24-4-11-31-83(67)110(2)101(74)104(76)116/h4-54H,59H2,1-3H3. The van der Waals surface area contributed by atoms with Crippen LogP contribution in [0.15, 0.2) is 309 Å². The van der Waals surface area contributed by atoms with Gasteiger partial charge in [0.05, 0.1) is 123 Å². The molecule has 0 aliphatic rings. The van der Waals surface area contributed by atoms with Gasteiger partial charge in [-0.05, 0) is 132 Å². The van der Waals surface area contributed by atoms with Gasteiger partial charge >= 0.3 is 0 Å². The number of benzene rings is 16. The van der Waals surface area contributed by atoms with E-state index in [1.807, 2.05) is 36.4 Å².